The van der Waals surface area contributed by atoms with Crippen LogP contribution in [0.1, 0.15) is 18.6 Å². The molecule has 106 valence electrons. The molecule has 3 nitrogen and oxygen atoms in total. The summed E-state index contributed by atoms with van der Waals surface area (Å²) in [5.74, 6) is -1.30. The fraction of sp³-hybridized carbons (Fsp3) is 0.571. The molecule has 19 heavy (non-hydrogen) atoms. The fourth-order valence-corrected chi connectivity index (χ4v) is 2.40. The molecule has 1 heterocycles. The molecule has 1 unspecified atom stereocenters. The number of hydrogen-bond acceptors (Lipinski definition) is 3. The van der Waals surface area contributed by atoms with E-state index in [9.17, 15) is 13.9 Å². The van der Waals surface area contributed by atoms with E-state index in [0.717, 1.165) is 38.8 Å². The molecule has 1 aliphatic rings. The van der Waals surface area contributed by atoms with Crippen LogP contribution in [0, 0.1) is 11.6 Å². The van der Waals surface area contributed by atoms with Gasteiger partial charge < -0.3 is 10.0 Å². The second-order valence-corrected chi connectivity index (χ2v) is 4.92. The van der Waals surface area contributed by atoms with E-state index in [1.807, 2.05) is 0 Å². The van der Waals surface area contributed by atoms with Crippen LogP contribution in [-0.4, -0.2) is 54.2 Å². The van der Waals surface area contributed by atoms with Crippen molar-refractivity contribution in [3.63, 3.8) is 0 Å². The molecule has 5 heteroatoms. The number of benzene rings is 1. The largest absolute Gasteiger partial charge is 0.387 e. The number of nitrogens with zero attached hydrogens (tertiary/aromatic N) is 2. The van der Waals surface area contributed by atoms with Crippen molar-refractivity contribution in [3.8, 4) is 0 Å². The number of aliphatic hydroxyl groups excluding tert-OH is 1. The standard InChI is InChI=1S/C14H20F2N2O/c1-2-17-5-7-18(8-6-17)10-14(19)12-4-3-11(15)9-13(12)16/h3-4,9,14,19H,2,5-8,10H2,1H3. The Morgan fingerprint density at radius 2 is 1.79 bits per heavy atom. The molecule has 0 saturated carbocycles. The highest BCUT2D eigenvalue weighted by molar-refractivity contribution is 5.21. The second kappa shape index (κ2) is 6.41. The quantitative estimate of drug-likeness (QED) is 0.901. The summed E-state index contributed by atoms with van der Waals surface area (Å²) in [6.45, 7) is 7.22. The molecule has 1 saturated heterocycles. The van der Waals surface area contributed by atoms with Gasteiger partial charge in [-0.25, -0.2) is 8.78 Å². The maximum atomic E-state index is 13.5. The maximum Gasteiger partial charge on any atom is 0.131 e. The van der Waals surface area contributed by atoms with Crippen LogP contribution in [0.2, 0.25) is 0 Å². The summed E-state index contributed by atoms with van der Waals surface area (Å²) >= 11 is 0. The van der Waals surface area contributed by atoms with Gasteiger partial charge in [-0.05, 0) is 12.6 Å². The van der Waals surface area contributed by atoms with Gasteiger partial charge in [0, 0.05) is 44.4 Å². The molecule has 0 bridgehead atoms. The Morgan fingerprint density at radius 3 is 2.37 bits per heavy atom. The number of halogens is 2. The van der Waals surface area contributed by atoms with Crippen LogP contribution in [-0.2, 0) is 0 Å². The topological polar surface area (TPSA) is 26.7 Å². The first-order chi connectivity index (χ1) is 9.10. The lowest BCUT2D eigenvalue weighted by molar-refractivity contribution is 0.0726. The van der Waals surface area contributed by atoms with Gasteiger partial charge in [-0.1, -0.05) is 13.0 Å². The number of β-amino-alcohol motifs (C(OH)–C–C–N with tert-alkyl or cyclic N) is 1. The maximum absolute atomic E-state index is 13.5. The minimum Gasteiger partial charge on any atom is -0.387 e. The summed E-state index contributed by atoms with van der Waals surface area (Å²) in [7, 11) is 0. The van der Waals surface area contributed by atoms with Crippen molar-refractivity contribution < 1.29 is 13.9 Å². The zero-order valence-electron chi connectivity index (χ0n) is 11.1. The van der Waals surface area contributed by atoms with Gasteiger partial charge in [0.2, 0.25) is 0 Å². The summed E-state index contributed by atoms with van der Waals surface area (Å²) < 4.78 is 26.4. The van der Waals surface area contributed by atoms with Gasteiger partial charge in [0.15, 0.2) is 0 Å². The third-order valence-corrected chi connectivity index (χ3v) is 3.66. The van der Waals surface area contributed by atoms with E-state index in [-0.39, 0.29) is 5.56 Å². The van der Waals surface area contributed by atoms with Crippen LogP contribution in [0.15, 0.2) is 18.2 Å². The number of likely N-dealkylation sites (N-methyl/N-ethyl adjacent to an activating group) is 1. The molecule has 1 aromatic carbocycles. The summed E-state index contributed by atoms with van der Waals surface area (Å²) in [5, 5.41) is 10.0. The zero-order chi connectivity index (χ0) is 13.8. The van der Waals surface area contributed by atoms with Crippen LogP contribution in [0.25, 0.3) is 0 Å². The van der Waals surface area contributed by atoms with Gasteiger partial charge in [-0.3, -0.25) is 4.90 Å². The van der Waals surface area contributed by atoms with Gasteiger partial charge in [0.05, 0.1) is 6.10 Å². The SMILES string of the molecule is CCN1CCN(CC(O)c2ccc(F)cc2F)CC1. The van der Waals surface area contributed by atoms with Crippen molar-refractivity contribution in [1.29, 1.82) is 0 Å². The normalized spacial score (nSPS) is 19.6. The number of piperazine rings is 1. The molecule has 1 N–H and O–H groups in total. The van der Waals surface area contributed by atoms with Crippen LogP contribution in [0.4, 0.5) is 8.78 Å². The van der Waals surface area contributed by atoms with Crippen molar-refractivity contribution in [2.75, 3.05) is 39.3 Å². The molecule has 1 fully saturated rings. The smallest absolute Gasteiger partial charge is 0.131 e. The van der Waals surface area contributed by atoms with E-state index in [1.54, 1.807) is 0 Å². The third kappa shape index (κ3) is 3.72. The lowest BCUT2D eigenvalue weighted by Crippen LogP contribution is -2.47. The second-order valence-electron chi connectivity index (χ2n) is 4.92. The Balaban J connectivity index is 1.92. The number of aliphatic hydroxyl groups is 1. The highest BCUT2D eigenvalue weighted by Gasteiger charge is 2.20. The van der Waals surface area contributed by atoms with E-state index in [2.05, 4.69) is 16.7 Å². The lowest BCUT2D eigenvalue weighted by Gasteiger charge is -2.35. The van der Waals surface area contributed by atoms with Gasteiger partial charge >= 0.3 is 0 Å². The Hall–Kier alpha value is -1.04. The fourth-order valence-electron chi connectivity index (χ4n) is 2.40. The Morgan fingerprint density at radius 1 is 1.16 bits per heavy atom. The Labute approximate surface area is 112 Å². The third-order valence-electron chi connectivity index (χ3n) is 3.66. The van der Waals surface area contributed by atoms with E-state index in [1.165, 1.54) is 12.1 Å². The summed E-state index contributed by atoms with van der Waals surface area (Å²) in [6, 6.07) is 3.31. The zero-order valence-corrected chi connectivity index (χ0v) is 11.1. The van der Waals surface area contributed by atoms with Crippen molar-refractivity contribution in [2.24, 2.45) is 0 Å². The van der Waals surface area contributed by atoms with Crippen LogP contribution < -0.4 is 0 Å². The number of rotatable bonds is 4. The van der Waals surface area contributed by atoms with Crippen molar-refractivity contribution in [2.45, 2.75) is 13.0 Å². The van der Waals surface area contributed by atoms with E-state index in [0.29, 0.717) is 6.54 Å². The summed E-state index contributed by atoms with van der Waals surface area (Å²) in [4.78, 5) is 4.45. The van der Waals surface area contributed by atoms with E-state index in [4.69, 9.17) is 0 Å². The van der Waals surface area contributed by atoms with Gasteiger partial charge in [0.25, 0.3) is 0 Å². The average Bonchev–Trinajstić information content (AvgIpc) is 2.39. The molecule has 0 aliphatic carbocycles. The minimum atomic E-state index is -0.909. The van der Waals surface area contributed by atoms with Crippen molar-refractivity contribution >= 4 is 0 Å². The minimum absolute atomic E-state index is 0.166. The number of hydrogen-bond donors (Lipinski definition) is 1. The summed E-state index contributed by atoms with van der Waals surface area (Å²) in [6.07, 6.45) is -0.909. The highest BCUT2D eigenvalue weighted by Crippen LogP contribution is 2.19. The van der Waals surface area contributed by atoms with Gasteiger partial charge in [0.1, 0.15) is 11.6 Å². The van der Waals surface area contributed by atoms with E-state index < -0.39 is 17.7 Å². The van der Waals surface area contributed by atoms with E-state index >= 15 is 0 Å². The van der Waals surface area contributed by atoms with Crippen molar-refractivity contribution in [3.05, 3.63) is 35.4 Å². The highest BCUT2D eigenvalue weighted by atomic mass is 19.1. The van der Waals surface area contributed by atoms with Crippen LogP contribution in [0.3, 0.4) is 0 Å². The molecule has 0 radical (unpaired) electrons. The molecule has 0 amide bonds. The predicted octanol–water partition coefficient (Wildman–Crippen LogP) is 1.64. The van der Waals surface area contributed by atoms with Crippen molar-refractivity contribution in [1.82, 2.24) is 9.80 Å². The lowest BCUT2D eigenvalue weighted by atomic mass is 10.1. The van der Waals surface area contributed by atoms with Gasteiger partial charge in [-0.2, -0.15) is 0 Å². The predicted molar refractivity (Wildman–Crippen MR) is 69.9 cm³/mol. The molecular formula is C14H20F2N2O. The first-order valence-electron chi connectivity index (χ1n) is 6.68. The van der Waals surface area contributed by atoms with Crippen LogP contribution >= 0.6 is 0 Å². The molecule has 1 atom stereocenters. The molecule has 0 aromatic heterocycles. The Bertz CT molecular complexity index is 420. The molecule has 1 aromatic rings. The van der Waals surface area contributed by atoms with Gasteiger partial charge in [-0.15, -0.1) is 0 Å². The Kier molecular flexibility index (Phi) is 4.85. The molecule has 2 rings (SSSR count). The monoisotopic (exact) mass is 270 g/mol. The first kappa shape index (κ1) is 14.4. The summed E-state index contributed by atoms with van der Waals surface area (Å²) in [5.41, 5.74) is 0.166. The molecular weight excluding hydrogens is 250 g/mol. The molecule has 0 spiro atoms. The first-order valence-corrected chi connectivity index (χ1v) is 6.68. The molecule has 1 aliphatic heterocycles. The average molecular weight is 270 g/mol. The van der Waals surface area contributed by atoms with Crippen LogP contribution in [0.5, 0.6) is 0 Å².